The molecule has 0 spiro atoms. The second-order valence-electron chi connectivity index (χ2n) is 3.48. The first-order chi connectivity index (χ1) is 7.54. The van der Waals surface area contributed by atoms with Gasteiger partial charge < -0.3 is 16.2 Å². The number of carbonyl (C=O) groups is 1. The van der Waals surface area contributed by atoms with Gasteiger partial charge in [0, 0.05) is 12.6 Å². The first-order valence-corrected chi connectivity index (χ1v) is 5.25. The topological polar surface area (TPSA) is 88.2 Å². The molecular formula is C10H14ClN3O2. The summed E-state index contributed by atoms with van der Waals surface area (Å²) in [5.41, 5.74) is 6.18. The van der Waals surface area contributed by atoms with Crippen molar-refractivity contribution in [2.24, 2.45) is 0 Å². The van der Waals surface area contributed by atoms with Crippen LogP contribution in [0.5, 0.6) is 0 Å². The van der Waals surface area contributed by atoms with Crippen LogP contribution in [0.3, 0.4) is 0 Å². The number of pyridine rings is 1. The maximum atomic E-state index is 11.7. The highest BCUT2D eigenvalue weighted by atomic mass is 35.5. The van der Waals surface area contributed by atoms with Crippen molar-refractivity contribution in [3.8, 4) is 0 Å². The summed E-state index contributed by atoms with van der Waals surface area (Å²) in [6.45, 7) is 1.82. The van der Waals surface area contributed by atoms with Gasteiger partial charge in [-0.25, -0.2) is 4.98 Å². The molecule has 0 fully saturated rings. The average molecular weight is 244 g/mol. The summed E-state index contributed by atoms with van der Waals surface area (Å²) in [5.74, 6) is -0.317. The molecule has 1 heterocycles. The minimum Gasteiger partial charge on any atom is -0.397 e. The molecule has 4 N–H and O–H groups in total. The standard InChI is InChI=1S/C10H14ClN3O2/c1-6(2-3-15)14-10(16)7-4-9(11)13-5-8(7)12/h4-6,15H,2-3,12H2,1H3,(H,14,16). The predicted octanol–water partition coefficient (Wildman–Crippen LogP) is 0.818. The molecule has 1 unspecified atom stereocenters. The zero-order chi connectivity index (χ0) is 12.1. The fourth-order valence-electron chi connectivity index (χ4n) is 1.20. The highest BCUT2D eigenvalue weighted by molar-refractivity contribution is 6.29. The smallest absolute Gasteiger partial charge is 0.253 e. The number of aliphatic hydroxyl groups excluding tert-OH is 1. The van der Waals surface area contributed by atoms with E-state index in [1.165, 1.54) is 12.3 Å². The molecule has 0 bridgehead atoms. The van der Waals surface area contributed by atoms with E-state index in [4.69, 9.17) is 22.4 Å². The van der Waals surface area contributed by atoms with Gasteiger partial charge in [0.2, 0.25) is 0 Å². The monoisotopic (exact) mass is 243 g/mol. The normalized spacial score (nSPS) is 12.2. The Bertz CT molecular complexity index is 384. The van der Waals surface area contributed by atoms with Crippen molar-refractivity contribution >= 4 is 23.2 Å². The molecule has 1 amide bonds. The number of nitrogen functional groups attached to an aromatic ring is 1. The zero-order valence-corrected chi connectivity index (χ0v) is 9.66. The Kier molecular flexibility index (Phi) is 4.52. The third kappa shape index (κ3) is 3.36. The van der Waals surface area contributed by atoms with Gasteiger partial charge in [0.25, 0.3) is 5.91 Å². The third-order valence-corrected chi connectivity index (χ3v) is 2.29. The first-order valence-electron chi connectivity index (χ1n) is 4.87. The lowest BCUT2D eigenvalue weighted by Gasteiger charge is -2.13. The number of nitrogens with one attached hydrogen (secondary N) is 1. The Morgan fingerprint density at radius 1 is 1.75 bits per heavy atom. The largest absolute Gasteiger partial charge is 0.397 e. The van der Waals surface area contributed by atoms with Crippen LogP contribution in [0.25, 0.3) is 0 Å². The summed E-state index contributed by atoms with van der Waals surface area (Å²) < 4.78 is 0. The minimum absolute atomic E-state index is 0.0219. The van der Waals surface area contributed by atoms with Crippen molar-refractivity contribution in [3.05, 3.63) is 23.0 Å². The van der Waals surface area contributed by atoms with E-state index in [2.05, 4.69) is 10.3 Å². The molecule has 1 aromatic rings. The van der Waals surface area contributed by atoms with Gasteiger partial charge in [0.1, 0.15) is 5.15 Å². The van der Waals surface area contributed by atoms with Crippen LogP contribution in [0.2, 0.25) is 5.15 Å². The second kappa shape index (κ2) is 5.67. The number of nitrogens with two attached hydrogens (primary N) is 1. The van der Waals surface area contributed by atoms with Crippen LogP contribution in [0.15, 0.2) is 12.3 Å². The Balaban J connectivity index is 2.76. The van der Waals surface area contributed by atoms with Gasteiger partial charge in [0.15, 0.2) is 0 Å². The molecule has 0 aliphatic carbocycles. The van der Waals surface area contributed by atoms with E-state index in [1.54, 1.807) is 6.92 Å². The average Bonchev–Trinajstić information content (AvgIpc) is 2.21. The van der Waals surface area contributed by atoms with E-state index in [-0.39, 0.29) is 29.4 Å². The number of halogens is 1. The Morgan fingerprint density at radius 2 is 2.44 bits per heavy atom. The number of aromatic nitrogens is 1. The van der Waals surface area contributed by atoms with Gasteiger partial charge in [-0.05, 0) is 19.4 Å². The molecular weight excluding hydrogens is 230 g/mol. The van der Waals surface area contributed by atoms with E-state index in [9.17, 15) is 4.79 Å². The first kappa shape index (κ1) is 12.7. The lowest BCUT2D eigenvalue weighted by atomic mass is 10.2. The molecule has 0 saturated carbocycles. The van der Waals surface area contributed by atoms with E-state index in [0.717, 1.165) is 0 Å². The molecule has 88 valence electrons. The van der Waals surface area contributed by atoms with Crippen molar-refractivity contribution < 1.29 is 9.90 Å². The number of rotatable bonds is 4. The van der Waals surface area contributed by atoms with Crippen LogP contribution >= 0.6 is 11.6 Å². The van der Waals surface area contributed by atoms with Crippen molar-refractivity contribution in [2.75, 3.05) is 12.3 Å². The molecule has 0 radical (unpaired) electrons. The van der Waals surface area contributed by atoms with Gasteiger partial charge in [-0.15, -0.1) is 0 Å². The van der Waals surface area contributed by atoms with Crippen molar-refractivity contribution in [2.45, 2.75) is 19.4 Å². The fourth-order valence-corrected chi connectivity index (χ4v) is 1.36. The van der Waals surface area contributed by atoms with Gasteiger partial charge in [-0.3, -0.25) is 4.79 Å². The molecule has 0 aromatic carbocycles. The lowest BCUT2D eigenvalue weighted by molar-refractivity contribution is 0.0935. The summed E-state index contributed by atoms with van der Waals surface area (Å²) in [5, 5.41) is 11.6. The SMILES string of the molecule is CC(CCO)NC(=O)c1cc(Cl)ncc1N. The summed E-state index contributed by atoms with van der Waals surface area (Å²) in [7, 11) is 0. The number of anilines is 1. The van der Waals surface area contributed by atoms with Gasteiger partial charge >= 0.3 is 0 Å². The lowest BCUT2D eigenvalue weighted by Crippen LogP contribution is -2.33. The van der Waals surface area contributed by atoms with Crippen LogP contribution in [0, 0.1) is 0 Å². The van der Waals surface area contributed by atoms with E-state index < -0.39 is 0 Å². The number of aliphatic hydroxyl groups is 1. The Hall–Kier alpha value is -1.33. The minimum atomic E-state index is -0.317. The maximum absolute atomic E-state index is 11.7. The van der Waals surface area contributed by atoms with Crippen LogP contribution in [0.4, 0.5) is 5.69 Å². The molecule has 0 aliphatic heterocycles. The summed E-state index contributed by atoms with van der Waals surface area (Å²) in [6, 6.07) is 1.29. The van der Waals surface area contributed by atoms with E-state index in [1.807, 2.05) is 0 Å². The number of hydrogen-bond acceptors (Lipinski definition) is 4. The number of amides is 1. The summed E-state index contributed by atoms with van der Waals surface area (Å²) in [4.78, 5) is 15.5. The molecule has 5 nitrogen and oxygen atoms in total. The van der Waals surface area contributed by atoms with Gasteiger partial charge in [-0.2, -0.15) is 0 Å². The van der Waals surface area contributed by atoms with E-state index >= 15 is 0 Å². The van der Waals surface area contributed by atoms with Crippen LogP contribution in [-0.2, 0) is 0 Å². The molecule has 1 atom stereocenters. The fraction of sp³-hybridized carbons (Fsp3) is 0.400. The summed E-state index contributed by atoms with van der Waals surface area (Å²) in [6.07, 6.45) is 1.83. The number of carbonyl (C=O) groups excluding carboxylic acids is 1. The van der Waals surface area contributed by atoms with Crippen molar-refractivity contribution in [1.82, 2.24) is 10.3 Å². The van der Waals surface area contributed by atoms with Crippen molar-refractivity contribution in [3.63, 3.8) is 0 Å². The molecule has 1 aromatic heterocycles. The van der Waals surface area contributed by atoms with Crippen LogP contribution < -0.4 is 11.1 Å². The Morgan fingerprint density at radius 3 is 3.06 bits per heavy atom. The molecule has 6 heteroatoms. The molecule has 1 rings (SSSR count). The zero-order valence-electron chi connectivity index (χ0n) is 8.90. The van der Waals surface area contributed by atoms with E-state index in [0.29, 0.717) is 12.0 Å². The Labute approximate surface area is 98.6 Å². The van der Waals surface area contributed by atoms with Crippen molar-refractivity contribution in [1.29, 1.82) is 0 Å². The van der Waals surface area contributed by atoms with Crippen LogP contribution in [0.1, 0.15) is 23.7 Å². The predicted molar refractivity (Wildman–Crippen MR) is 62.3 cm³/mol. The highest BCUT2D eigenvalue weighted by Crippen LogP contribution is 2.14. The highest BCUT2D eigenvalue weighted by Gasteiger charge is 2.13. The molecule has 0 saturated heterocycles. The summed E-state index contributed by atoms with van der Waals surface area (Å²) >= 11 is 5.67. The number of hydrogen-bond donors (Lipinski definition) is 3. The molecule has 16 heavy (non-hydrogen) atoms. The van der Waals surface area contributed by atoms with Gasteiger partial charge in [0.05, 0.1) is 17.4 Å². The third-order valence-electron chi connectivity index (χ3n) is 2.09. The van der Waals surface area contributed by atoms with Gasteiger partial charge in [-0.1, -0.05) is 11.6 Å². The quantitative estimate of drug-likeness (QED) is 0.683. The maximum Gasteiger partial charge on any atom is 0.253 e. The molecule has 0 aliphatic rings. The van der Waals surface area contributed by atoms with Crippen LogP contribution in [-0.4, -0.2) is 28.6 Å². The second-order valence-corrected chi connectivity index (χ2v) is 3.87. The number of nitrogens with zero attached hydrogens (tertiary/aromatic N) is 1.